The van der Waals surface area contributed by atoms with Crippen molar-refractivity contribution in [2.24, 2.45) is 0 Å². The highest BCUT2D eigenvalue weighted by Gasteiger charge is 2.30. The van der Waals surface area contributed by atoms with E-state index in [9.17, 15) is 13.2 Å². The number of nitrogens with zero attached hydrogens (tertiary/aromatic N) is 1. The Labute approximate surface area is 134 Å². The molecule has 0 saturated heterocycles. The minimum Gasteiger partial charge on any atom is -0.354 e. The highest BCUT2D eigenvalue weighted by molar-refractivity contribution is 7.93. The molecule has 0 aromatic carbocycles. The lowest BCUT2D eigenvalue weighted by Crippen LogP contribution is -2.31. The zero-order valence-corrected chi connectivity index (χ0v) is 13.9. The minimum absolute atomic E-state index is 0.0464. The first-order valence-corrected chi connectivity index (χ1v) is 9.42. The van der Waals surface area contributed by atoms with E-state index in [1.54, 1.807) is 35.8 Å². The Balaban J connectivity index is 2.28. The average molecular weight is 338 g/mol. The minimum atomic E-state index is -3.56. The molecule has 1 amide bonds. The largest absolute Gasteiger partial charge is 0.354 e. The summed E-state index contributed by atoms with van der Waals surface area (Å²) in [6.45, 7) is 1.95. The van der Waals surface area contributed by atoms with Crippen molar-refractivity contribution in [1.29, 1.82) is 0 Å². The van der Waals surface area contributed by atoms with E-state index in [2.05, 4.69) is 10.3 Å². The van der Waals surface area contributed by atoms with Crippen LogP contribution in [0.15, 0.2) is 46.2 Å². The Bertz CT molecular complexity index is 698. The van der Waals surface area contributed by atoms with Crippen molar-refractivity contribution in [2.75, 3.05) is 6.54 Å². The summed E-state index contributed by atoms with van der Waals surface area (Å²) in [5.41, 5.74) is 0.577. The maximum absolute atomic E-state index is 12.8. The van der Waals surface area contributed by atoms with Gasteiger partial charge in [-0.05, 0) is 29.5 Å². The van der Waals surface area contributed by atoms with Gasteiger partial charge in [-0.3, -0.25) is 9.78 Å². The maximum Gasteiger partial charge on any atom is 0.220 e. The summed E-state index contributed by atoms with van der Waals surface area (Å²) in [7, 11) is -3.56. The van der Waals surface area contributed by atoms with Gasteiger partial charge in [0.2, 0.25) is 5.91 Å². The number of hydrogen-bond donors (Lipinski definition) is 1. The van der Waals surface area contributed by atoms with Gasteiger partial charge in [0, 0.05) is 25.4 Å². The van der Waals surface area contributed by atoms with Crippen molar-refractivity contribution in [1.82, 2.24) is 10.3 Å². The van der Waals surface area contributed by atoms with Gasteiger partial charge in [0.05, 0.1) is 0 Å². The molecule has 2 rings (SSSR count). The molecule has 118 valence electrons. The molecule has 22 heavy (non-hydrogen) atoms. The molecular weight excluding hydrogens is 320 g/mol. The van der Waals surface area contributed by atoms with Gasteiger partial charge in [-0.1, -0.05) is 19.1 Å². The molecule has 0 aliphatic heterocycles. The number of amides is 1. The molecule has 0 bridgehead atoms. The fraction of sp³-hybridized carbons (Fsp3) is 0.333. The van der Waals surface area contributed by atoms with Gasteiger partial charge in [-0.2, -0.15) is 0 Å². The van der Waals surface area contributed by atoms with Gasteiger partial charge in [0.25, 0.3) is 0 Å². The van der Waals surface area contributed by atoms with E-state index in [0.29, 0.717) is 16.2 Å². The summed E-state index contributed by atoms with van der Waals surface area (Å²) in [6.07, 6.45) is 4.23. The number of thiophene rings is 1. The quantitative estimate of drug-likeness (QED) is 0.842. The summed E-state index contributed by atoms with van der Waals surface area (Å²) >= 11 is 1.18. The van der Waals surface area contributed by atoms with Gasteiger partial charge in [0.1, 0.15) is 9.46 Å². The first kappa shape index (κ1) is 16.6. The molecule has 0 aliphatic carbocycles. The number of sulfone groups is 1. The summed E-state index contributed by atoms with van der Waals surface area (Å²) < 4.78 is 25.9. The zero-order valence-electron chi connectivity index (χ0n) is 12.2. The lowest BCUT2D eigenvalue weighted by molar-refractivity contribution is -0.121. The molecule has 2 heterocycles. The van der Waals surface area contributed by atoms with E-state index >= 15 is 0 Å². The van der Waals surface area contributed by atoms with Crippen LogP contribution < -0.4 is 5.32 Å². The fourth-order valence-corrected chi connectivity index (χ4v) is 4.91. The normalized spacial score (nSPS) is 12.8. The molecule has 0 aliphatic rings. The van der Waals surface area contributed by atoms with Crippen molar-refractivity contribution in [3.8, 4) is 0 Å². The first-order valence-electron chi connectivity index (χ1n) is 6.99. The number of hydrogen-bond acceptors (Lipinski definition) is 5. The molecule has 2 aromatic heterocycles. The topological polar surface area (TPSA) is 76.1 Å². The third-order valence-electron chi connectivity index (χ3n) is 3.17. The number of carbonyl (C=O) groups excluding carboxylic acids is 1. The Hall–Kier alpha value is -1.73. The lowest BCUT2D eigenvalue weighted by Gasteiger charge is -2.17. The van der Waals surface area contributed by atoms with Gasteiger partial charge < -0.3 is 5.32 Å². The van der Waals surface area contributed by atoms with Crippen molar-refractivity contribution in [2.45, 2.75) is 29.2 Å². The molecular formula is C15H18N2O3S2. The highest BCUT2D eigenvalue weighted by Crippen LogP contribution is 2.30. The maximum atomic E-state index is 12.8. The molecule has 1 atom stereocenters. The van der Waals surface area contributed by atoms with Crippen LogP contribution >= 0.6 is 11.3 Å². The fourth-order valence-electron chi connectivity index (χ4n) is 2.06. The highest BCUT2D eigenvalue weighted by atomic mass is 32.2. The van der Waals surface area contributed by atoms with Crippen LogP contribution in [0.4, 0.5) is 0 Å². The van der Waals surface area contributed by atoms with Crippen molar-refractivity contribution in [3.05, 3.63) is 47.6 Å². The van der Waals surface area contributed by atoms with Gasteiger partial charge in [0.15, 0.2) is 9.84 Å². The van der Waals surface area contributed by atoms with E-state index < -0.39 is 15.1 Å². The number of carbonyl (C=O) groups is 1. The predicted molar refractivity (Wildman–Crippen MR) is 86.4 cm³/mol. The Kier molecular flexibility index (Phi) is 5.68. The predicted octanol–water partition coefficient (Wildman–Crippen LogP) is 2.57. The Morgan fingerprint density at radius 3 is 2.77 bits per heavy atom. The van der Waals surface area contributed by atoms with E-state index in [4.69, 9.17) is 0 Å². The monoisotopic (exact) mass is 338 g/mol. The van der Waals surface area contributed by atoms with Gasteiger partial charge in [-0.25, -0.2) is 8.42 Å². The van der Waals surface area contributed by atoms with E-state index in [-0.39, 0.29) is 12.5 Å². The van der Waals surface area contributed by atoms with Crippen molar-refractivity contribution >= 4 is 27.1 Å². The molecule has 0 radical (unpaired) electrons. The van der Waals surface area contributed by atoms with Crippen molar-refractivity contribution < 1.29 is 13.2 Å². The Morgan fingerprint density at radius 1 is 1.36 bits per heavy atom. The van der Waals surface area contributed by atoms with Crippen LogP contribution in [0.25, 0.3) is 0 Å². The van der Waals surface area contributed by atoms with E-state index in [1.165, 1.54) is 17.5 Å². The van der Waals surface area contributed by atoms with Gasteiger partial charge in [-0.15, -0.1) is 11.3 Å². The van der Waals surface area contributed by atoms with Crippen LogP contribution in [0, 0.1) is 0 Å². The SMILES string of the molecule is CCCC(=O)NC[C@@H](c1cccnc1)S(=O)(=O)c1cccs1. The summed E-state index contributed by atoms with van der Waals surface area (Å²) in [6, 6.07) is 6.69. The number of aromatic nitrogens is 1. The van der Waals surface area contributed by atoms with Crippen LogP contribution in [0.5, 0.6) is 0 Å². The zero-order chi connectivity index (χ0) is 16.0. The van der Waals surface area contributed by atoms with E-state index in [0.717, 1.165) is 6.42 Å². The average Bonchev–Trinajstić information content (AvgIpc) is 3.03. The van der Waals surface area contributed by atoms with E-state index in [1.807, 2.05) is 6.92 Å². The van der Waals surface area contributed by atoms with Crippen LogP contribution in [-0.4, -0.2) is 25.9 Å². The smallest absolute Gasteiger partial charge is 0.220 e. The van der Waals surface area contributed by atoms with Gasteiger partial charge >= 0.3 is 0 Å². The molecule has 2 aromatic rings. The molecule has 7 heteroatoms. The molecule has 1 N–H and O–H groups in total. The van der Waals surface area contributed by atoms with Crippen LogP contribution in [0.2, 0.25) is 0 Å². The second-order valence-electron chi connectivity index (χ2n) is 4.81. The molecule has 0 spiro atoms. The number of nitrogens with one attached hydrogen (secondary N) is 1. The molecule has 0 fully saturated rings. The van der Waals surface area contributed by atoms with Crippen LogP contribution in [0.3, 0.4) is 0 Å². The lowest BCUT2D eigenvalue weighted by atomic mass is 10.2. The van der Waals surface area contributed by atoms with Crippen LogP contribution in [-0.2, 0) is 14.6 Å². The third kappa shape index (κ3) is 3.92. The number of rotatable bonds is 7. The Morgan fingerprint density at radius 2 is 2.18 bits per heavy atom. The second-order valence-corrected chi connectivity index (χ2v) is 8.11. The second kappa shape index (κ2) is 7.51. The first-order chi connectivity index (χ1) is 10.6. The van der Waals surface area contributed by atoms with Crippen molar-refractivity contribution in [3.63, 3.8) is 0 Å². The molecule has 0 saturated carbocycles. The summed E-state index contributed by atoms with van der Waals surface area (Å²) in [5, 5.41) is 3.60. The summed E-state index contributed by atoms with van der Waals surface area (Å²) in [4.78, 5) is 15.7. The third-order valence-corrected chi connectivity index (χ3v) is 6.70. The number of pyridine rings is 1. The van der Waals surface area contributed by atoms with Crippen LogP contribution in [0.1, 0.15) is 30.6 Å². The molecule has 0 unspecified atom stereocenters. The standard InChI is InChI=1S/C15H18N2O3S2/c1-2-5-14(18)17-11-13(12-6-3-8-16-10-12)22(19,20)15-7-4-9-21-15/h3-4,6-10,13H,2,5,11H2,1H3,(H,17,18)/t13-/m0/s1. The molecule has 5 nitrogen and oxygen atoms in total. The summed E-state index contributed by atoms with van der Waals surface area (Å²) in [5.74, 6) is -0.141.